The third-order valence-electron chi connectivity index (χ3n) is 3.26. The van der Waals surface area contributed by atoms with E-state index in [-0.39, 0.29) is 5.54 Å². The first-order chi connectivity index (χ1) is 9.40. The van der Waals surface area contributed by atoms with Crippen molar-refractivity contribution in [1.29, 1.82) is 0 Å². The molecule has 1 aromatic rings. The van der Waals surface area contributed by atoms with Crippen molar-refractivity contribution in [2.75, 3.05) is 13.2 Å². The Labute approximate surface area is 124 Å². The van der Waals surface area contributed by atoms with Gasteiger partial charge in [0, 0.05) is 18.0 Å². The van der Waals surface area contributed by atoms with E-state index in [2.05, 4.69) is 64.2 Å². The molecule has 114 valence electrons. The number of ether oxygens (including phenoxy) is 1. The SMILES string of the molecule is CCCCc1ccc(OCC(C)CNC(C)(C)C)cc1. The lowest BCUT2D eigenvalue weighted by atomic mass is 10.1. The highest BCUT2D eigenvalue weighted by molar-refractivity contribution is 5.27. The summed E-state index contributed by atoms with van der Waals surface area (Å²) in [5.41, 5.74) is 1.58. The molecule has 1 N–H and O–H groups in total. The quantitative estimate of drug-likeness (QED) is 0.759. The fraction of sp³-hybridized carbons (Fsp3) is 0.667. The van der Waals surface area contributed by atoms with E-state index < -0.39 is 0 Å². The van der Waals surface area contributed by atoms with Gasteiger partial charge in [0.05, 0.1) is 6.61 Å². The number of rotatable bonds is 8. The molecule has 0 aliphatic rings. The van der Waals surface area contributed by atoms with Gasteiger partial charge in [0.1, 0.15) is 5.75 Å². The molecule has 0 radical (unpaired) electrons. The standard InChI is InChI=1S/C18H31NO/c1-6-7-8-16-9-11-17(12-10-16)20-14-15(2)13-19-18(3,4)5/h9-12,15,19H,6-8,13-14H2,1-5H3. The molecule has 1 atom stereocenters. The van der Waals surface area contributed by atoms with Crippen LogP contribution in [0, 0.1) is 5.92 Å². The van der Waals surface area contributed by atoms with Gasteiger partial charge in [-0.25, -0.2) is 0 Å². The predicted molar refractivity (Wildman–Crippen MR) is 87.5 cm³/mol. The van der Waals surface area contributed by atoms with E-state index in [9.17, 15) is 0 Å². The zero-order valence-electron chi connectivity index (χ0n) is 13.8. The maximum atomic E-state index is 5.85. The first kappa shape index (κ1) is 17.0. The monoisotopic (exact) mass is 277 g/mol. The molecule has 0 saturated carbocycles. The summed E-state index contributed by atoms with van der Waals surface area (Å²) in [7, 11) is 0. The minimum absolute atomic E-state index is 0.176. The van der Waals surface area contributed by atoms with Crippen LogP contribution in [0.25, 0.3) is 0 Å². The van der Waals surface area contributed by atoms with Crippen LogP contribution in [0.5, 0.6) is 5.75 Å². The van der Waals surface area contributed by atoms with Gasteiger partial charge >= 0.3 is 0 Å². The van der Waals surface area contributed by atoms with Crippen molar-refractivity contribution in [3.05, 3.63) is 29.8 Å². The zero-order valence-corrected chi connectivity index (χ0v) is 13.8. The van der Waals surface area contributed by atoms with Gasteiger partial charge in [-0.15, -0.1) is 0 Å². The second-order valence-corrected chi connectivity index (χ2v) is 6.79. The molecular weight excluding hydrogens is 246 g/mol. The summed E-state index contributed by atoms with van der Waals surface area (Å²) in [4.78, 5) is 0. The lowest BCUT2D eigenvalue weighted by Crippen LogP contribution is -2.39. The van der Waals surface area contributed by atoms with Crippen molar-refractivity contribution >= 4 is 0 Å². The molecule has 2 nitrogen and oxygen atoms in total. The van der Waals surface area contributed by atoms with E-state index in [0.29, 0.717) is 5.92 Å². The van der Waals surface area contributed by atoms with Crippen molar-refractivity contribution in [3.8, 4) is 5.75 Å². The molecule has 1 rings (SSSR count). The van der Waals surface area contributed by atoms with Crippen molar-refractivity contribution < 1.29 is 4.74 Å². The minimum atomic E-state index is 0.176. The van der Waals surface area contributed by atoms with Crippen molar-refractivity contribution in [2.24, 2.45) is 5.92 Å². The molecule has 0 saturated heterocycles. The maximum Gasteiger partial charge on any atom is 0.119 e. The minimum Gasteiger partial charge on any atom is -0.493 e. The molecule has 0 amide bonds. The Bertz CT molecular complexity index is 364. The summed E-state index contributed by atoms with van der Waals surface area (Å²) in [6, 6.07) is 8.55. The number of unbranched alkanes of at least 4 members (excludes halogenated alkanes) is 1. The van der Waals surface area contributed by atoms with E-state index in [4.69, 9.17) is 4.74 Å². The van der Waals surface area contributed by atoms with Crippen molar-refractivity contribution in [2.45, 2.75) is 59.4 Å². The second-order valence-electron chi connectivity index (χ2n) is 6.79. The van der Waals surface area contributed by atoms with Crippen LogP contribution in [0.4, 0.5) is 0 Å². The average Bonchev–Trinajstić information content (AvgIpc) is 2.41. The van der Waals surface area contributed by atoms with Crippen LogP contribution in [0.15, 0.2) is 24.3 Å². The molecule has 1 unspecified atom stereocenters. The second kappa shape index (κ2) is 8.31. The molecule has 0 heterocycles. The molecule has 0 spiro atoms. The highest BCUT2D eigenvalue weighted by Crippen LogP contribution is 2.15. The Morgan fingerprint density at radius 3 is 2.35 bits per heavy atom. The molecule has 2 heteroatoms. The van der Waals surface area contributed by atoms with Gasteiger partial charge in [-0.2, -0.15) is 0 Å². The van der Waals surface area contributed by atoms with E-state index in [1.165, 1.54) is 24.8 Å². The molecule has 0 fully saturated rings. The van der Waals surface area contributed by atoms with E-state index in [0.717, 1.165) is 18.9 Å². The summed E-state index contributed by atoms with van der Waals surface area (Å²) in [6.07, 6.45) is 3.68. The Morgan fingerprint density at radius 2 is 1.80 bits per heavy atom. The number of aryl methyl sites for hydroxylation is 1. The molecule has 0 aliphatic carbocycles. The van der Waals surface area contributed by atoms with Gasteiger partial charge in [0.2, 0.25) is 0 Å². The predicted octanol–water partition coefficient (Wildman–Crippen LogP) is 4.43. The topological polar surface area (TPSA) is 21.3 Å². The van der Waals surface area contributed by atoms with E-state index in [1.807, 2.05) is 0 Å². The Hall–Kier alpha value is -1.02. The van der Waals surface area contributed by atoms with Gasteiger partial charge in [0.25, 0.3) is 0 Å². The van der Waals surface area contributed by atoms with E-state index >= 15 is 0 Å². The van der Waals surface area contributed by atoms with Crippen LogP contribution in [0.3, 0.4) is 0 Å². The van der Waals surface area contributed by atoms with Gasteiger partial charge in [-0.1, -0.05) is 32.4 Å². The average molecular weight is 277 g/mol. The van der Waals surface area contributed by atoms with Crippen LogP contribution in [-0.4, -0.2) is 18.7 Å². The number of benzene rings is 1. The van der Waals surface area contributed by atoms with Crippen LogP contribution in [0.1, 0.15) is 53.0 Å². The molecule has 0 aliphatic heterocycles. The molecule has 0 aromatic heterocycles. The smallest absolute Gasteiger partial charge is 0.119 e. The van der Waals surface area contributed by atoms with Gasteiger partial charge in [-0.3, -0.25) is 0 Å². The van der Waals surface area contributed by atoms with Crippen molar-refractivity contribution in [1.82, 2.24) is 5.32 Å². The van der Waals surface area contributed by atoms with Crippen LogP contribution in [-0.2, 0) is 6.42 Å². The Balaban J connectivity index is 2.30. The number of hydrogen-bond donors (Lipinski definition) is 1. The van der Waals surface area contributed by atoms with Crippen LogP contribution < -0.4 is 10.1 Å². The largest absolute Gasteiger partial charge is 0.493 e. The summed E-state index contributed by atoms with van der Waals surface area (Å²) in [5.74, 6) is 1.49. The molecule has 1 aromatic carbocycles. The summed E-state index contributed by atoms with van der Waals surface area (Å²) in [6.45, 7) is 12.8. The van der Waals surface area contributed by atoms with Gasteiger partial charge in [-0.05, 0) is 51.3 Å². The Kier molecular flexibility index (Phi) is 7.08. The Morgan fingerprint density at radius 1 is 1.15 bits per heavy atom. The fourth-order valence-electron chi connectivity index (χ4n) is 1.91. The highest BCUT2D eigenvalue weighted by atomic mass is 16.5. The van der Waals surface area contributed by atoms with Crippen molar-refractivity contribution in [3.63, 3.8) is 0 Å². The van der Waals surface area contributed by atoms with Crippen LogP contribution >= 0.6 is 0 Å². The van der Waals surface area contributed by atoms with Crippen LogP contribution in [0.2, 0.25) is 0 Å². The fourth-order valence-corrected chi connectivity index (χ4v) is 1.91. The molecule has 0 bridgehead atoms. The first-order valence-corrected chi connectivity index (χ1v) is 7.87. The number of nitrogens with one attached hydrogen (secondary N) is 1. The lowest BCUT2D eigenvalue weighted by molar-refractivity contribution is 0.244. The third kappa shape index (κ3) is 7.54. The maximum absolute atomic E-state index is 5.85. The van der Waals surface area contributed by atoms with E-state index in [1.54, 1.807) is 0 Å². The summed E-state index contributed by atoms with van der Waals surface area (Å²) >= 11 is 0. The van der Waals surface area contributed by atoms with Gasteiger partial charge in [0.15, 0.2) is 0 Å². The zero-order chi connectivity index (χ0) is 15.0. The van der Waals surface area contributed by atoms with Gasteiger partial charge < -0.3 is 10.1 Å². The third-order valence-corrected chi connectivity index (χ3v) is 3.26. The highest BCUT2D eigenvalue weighted by Gasteiger charge is 2.11. The number of hydrogen-bond acceptors (Lipinski definition) is 2. The normalized spacial score (nSPS) is 13.2. The molecular formula is C18H31NO. The summed E-state index contributed by atoms with van der Waals surface area (Å²) in [5, 5.41) is 3.51. The lowest BCUT2D eigenvalue weighted by Gasteiger charge is -2.23. The first-order valence-electron chi connectivity index (χ1n) is 7.87. The summed E-state index contributed by atoms with van der Waals surface area (Å²) < 4.78 is 5.85. The molecule has 20 heavy (non-hydrogen) atoms.